The second-order valence-corrected chi connectivity index (χ2v) is 5.62. The third-order valence-electron chi connectivity index (χ3n) is 3.51. The Kier molecular flexibility index (Phi) is 4.71. The Labute approximate surface area is 133 Å². The highest BCUT2D eigenvalue weighted by Gasteiger charge is 2.23. The number of rotatable bonds is 5. The quantitative estimate of drug-likeness (QED) is 0.910. The van der Waals surface area contributed by atoms with Crippen LogP contribution in [0.4, 0.5) is 4.39 Å². The Morgan fingerprint density at radius 3 is 2.91 bits per heavy atom. The summed E-state index contributed by atoms with van der Waals surface area (Å²) in [5.41, 5.74) is 2.69. The van der Waals surface area contributed by atoms with E-state index in [4.69, 9.17) is 16.4 Å². The van der Waals surface area contributed by atoms with Gasteiger partial charge >= 0.3 is 0 Å². The molecule has 0 unspecified atom stereocenters. The third-order valence-corrected chi connectivity index (χ3v) is 3.84. The van der Waals surface area contributed by atoms with Crippen molar-refractivity contribution in [2.24, 2.45) is 5.16 Å². The van der Waals surface area contributed by atoms with Crippen molar-refractivity contribution in [3.63, 3.8) is 0 Å². The van der Waals surface area contributed by atoms with E-state index in [0.29, 0.717) is 24.5 Å². The van der Waals surface area contributed by atoms with Crippen molar-refractivity contribution in [2.45, 2.75) is 19.1 Å². The SMILES string of the molecule is Fc1cccc(CNC[C@@H]2CC(c3ccccc3Cl)=NO2)c1. The van der Waals surface area contributed by atoms with E-state index in [9.17, 15) is 4.39 Å². The molecule has 0 spiro atoms. The van der Waals surface area contributed by atoms with Crippen molar-refractivity contribution >= 4 is 17.3 Å². The topological polar surface area (TPSA) is 33.6 Å². The van der Waals surface area contributed by atoms with Gasteiger partial charge in [0.2, 0.25) is 0 Å². The van der Waals surface area contributed by atoms with Crippen LogP contribution in [0.25, 0.3) is 0 Å². The zero-order chi connectivity index (χ0) is 15.4. The molecule has 22 heavy (non-hydrogen) atoms. The molecule has 3 rings (SSSR count). The Hall–Kier alpha value is -1.91. The molecule has 3 nitrogen and oxygen atoms in total. The van der Waals surface area contributed by atoms with Gasteiger partial charge in [0, 0.05) is 30.1 Å². The molecule has 2 aromatic carbocycles. The van der Waals surface area contributed by atoms with Crippen LogP contribution in [0.5, 0.6) is 0 Å². The largest absolute Gasteiger partial charge is 0.390 e. The lowest BCUT2D eigenvalue weighted by molar-refractivity contribution is 0.0848. The number of hydrogen-bond donors (Lipinski definition) is 1. The Balaban J connectivity index is 1.50. The normalized spacial score (nSPS) is 17.2. The molecular weight excluding hydrogens is 303 g/mol. The van der Waals surface area contributed by atoms with E-state index in [1.807, 2.05) is 30.3 Å². The van der Waals surface area contributed by atoms with Crippen LogP contribution in [0.15, 0.2) is 53.7 Å². The number of oxime groups is 1. The number of benzene rings is 2. The highest BCUT2D eigenvalue weighted by atomic mass is 35.5. The van der Waals surface area contributed by atoms with Crippen molar-refractivity contribution in [3.8, 4) is 0 Å². The maximum Gasteiger partial charge on any atom is 0.145 e. The van der Waals surface area contributed by atoms with Crippen molar-refractivity contribution < 1.29 is 9.23 Å². The smallest absolute Gasteiger partial charge is 0.145 e. The Bertz CT molecular complexity index is 690. The zero-order valence-electron chi connectivity index (χ0n) is 11.9. The molecule has 1 heterocycles. The first-order chi connectivity index (χ1) is 10.7. The zero-order valence-corrected chi connectivity index (χ0v) is 12.7. The minimum atomic E-state index is -0.222. The summed E-state index contributed by atoms with van der Waals surface area (Å²) < 4.78 is 13.1. The monoisotopic (exact) mass is 318 g/mol. The minimum Gasteiger partial charge on any atom is -0.390 e. The van der Waals surface area contributed by atoms with Crippen LogP contribution < -0.4 is 5.32 Å². The maximum atomic E-state index is 13.1. The van der Waals surface area contributed by atoms with Crippen LogP contribution in [-0.4, -0.2) is 18.4 Å². The first kappa shape index (κ1) is 15.0. The molecule has 1 aliphatic rings. The molecule has 0 saturated carbocycles. The van der Waals surface area contributed by atoms with Crippen LogP contribution in [0, 0.1) is 5.82 Å². The van der Waals surface area contributed by atoms with Gasteiger partial charge in [0.1, 0.15) is 11.9 Å². The fraction of sp³-hybridized carbons (Fsp3) is 0.235. The minimum absolute atomic E-state index is 0.0279. The number of nitrogens with zero attached hydrogens (tertiary/aromatic N) is 1. The molecular formula is C17H16ClFN2O. The molecule has 1 N–H and O–H groups in total. The van der Waals surface area contributed by atoms with E-state index in [2.05, 4.69) is 10.5 Å². The average Bonchev–Trinajstić information content (AvgIpc) is 2.96. The van der Waals surface area contributed by atoms with Crippen molar-refractivity contribution in [1.29, 1.82) is 0 Å². The van der Waals surface area contributed by atoms with Gasteiger partial charge < -0.3 is 10.2 Å². The van der Waals surface area contributed by atoms with Gasteiger partial charge in [0.05, 0.1) is 5.71 Å². The molecule has 0 amide bonds. The summed E-state index contributed by atoms with van der Waals surface area (Å²) in [6.45, 7) is 1.24. The van der Waals surface area contributed by atoms with Gasteiger partial charge in [-0.3, -0.25) is 0 Å². The van der Waals surface area contributed by atoms with Crippen LogP contribution in [0.3, 0.4) is 0 Å². The van der Waals surface area contributed by atoms with Crippen molar-refractivity contribution in [1.82, 2.24) is 5.32 Å². The molecule has 0 saturated heterocycles. The summed E-state index contributed by atoms with van der Waals surface area (Å²) in [5.74, 6) is -0.222. The Morgan fingerprint density at radius 1 is 1.23 bits per heavy atom. The standard InChI is InChI=1S/C17H16ClFN2O/c18-16-7-2-1-6-15(16)17-9-14(22-21-17)11-20-10-12-4-3-5-13(19)8-12/h1-8,14,20H,9-11H2/t14-/m0/s1. The number of hydrogen-bond acceptors (Lipinski definition) is 3. The van der Waals surface area contributed by atoms with E-state index in [1.54, 1.807) is 6.07 Å². The van der Waals surface area contributed by atoms with Crippen LogP contribution in [-0.2, 0) is 11.4 Å². The lowest BCUT2D eigenvalue weighted by atomic mass is 10.0. The first-order valence-electron chi connectivity index (χ1n) is 7.15. The molecule has 0 radical (unpaired) electrons. The molecule has 1 aliphatic heterocycles. The fourth-order valence-corrected chi connectivity index (χ4v) is 2.66. The van der Waals surface area contributed by atoms with E-state index in [-0.39, 0.29) is 11.9 Å². The second kappa shape index (κ2) is 6.90. The number of halogens is 2. The molecule has 1 atom stereocenters. The van der Waals surface area contributed by atoms with E-state index in [0.717, 1.165) is 16.8 Å². The van der Waals surface area contributed by atoms with Gasteiger partial charge in [-0.25, -0.2) is 4.39 Å². The van der Waals surface area contributed by atoms with Gasteiger partial charge in [0.25, 0.3) is 0 Å². The highest BCUT2D eigenvalue weighted by molar-refractivity contribution is 6.34. The maximum absolute atomic E-state index is 13.1. The molecule has 0 aromatic heterocycles. The van der Waals surface area contributed by atoms with E-state index < -0.39 is 0 Å². The fourth-order valence-electron chi connectivity index (χ4n) is 2.42. The van der Waals surface area contributed by atoms with Crippen LogP contribution in [0.2, 0.25) is 5.02 Å². The summed E-state index contributed by atoms with van der Waals surface area (Å²) in [6, 6.07) is 14.2. The summed E-state index contributed by atoms with van der Waals surface area (Å²) in [6.07, 6.45) is 0.680. The van der Waals surface area contributed by atoms with Crippen LogP contribution in [0.1, 0.15) is 17.5 Å². The average molecular weight is 319 g/mol. The summed E-state index contributed by atoms with van der Waals surface area (Å²) >= 11 is 6.16. The predicted octanol–water partition coefficient (Wildman–Crippen LogP) is 3.76. The van der Waals surface area contributed by atoms with Crippen LogP contribution >= 0.6 is 11.6 Å². The summed E-state index contributed by atoms with van der Waals surface area (Å²) in [5, 5.41) is 8.06. The second-order valence-electron chi connectivity index (χ2n) is 5.21. The summed E-state index contributed by atoms with van der Waals surface area (Å²) in [7, 11) is 0. The van der Waals surface area contributed by atoms with Gasteiger partial charge in [-0.15, -0.1) is 0 Å². The first-order valence-corrected chi connectivity index (χ1v) is 7.53. The van der Waals surface area contributed by atoms with Gasteiger partial charge in [0.15, 0.2) is 0 Å². The predicted molar refractivity (Wildman–Crippen MR) is 85.6 cm³/mol. The lowest BCUT2D eigenvalue weighted by Gasteiger charge is -2.10. The van der Waals surface area contributed by atoms with Crippen molar-refractivity contribution in [2.75, 3.05) is 6.54 Å². The molecule has 5 heteroatoms. The van der Waals surface area contributed by atoms with Gasteiger partial charge in [-0.1, -0.05) is 47.1 Å². The molecule has 0 bridgehead atoms. The molecule has 0 aliphatic carbocycles. The van der Waals surface area contributed by atoms with E-state index in [1.165, 1.54) is 12.1 Å². The highest BCUT2D eigenvalue weighted by Crippen LogP contribution is 2.22. The third kappa shape index (κ3) is 3.64. The lowest BCUT2D eigenvalue weighted by Crippen LogP contribution is -2.26. The molecule has 2 aromatic rings. The molecule has 0 fully saturated rings. The number of nitrogens with one attached hydrogen (secondary N) is 1. The van der Waals surface area contributed by atoms with E-state index >= 15 is 0 Å². The Morgan fingerprint density at radius 2 is 2.09 bits per heavy atom. The molecule has 114 valence electrons. The van der Waals surface area contributed by atoms with Gasteiger partial charge in [-0.05, 0) is 23.8 Å². The summed E-state index contributed by atoms with van der Waals surface area (Å²) in [4.78, 5) is 5.43. The van der Waals surface area contributed by atoms with Gasteiger partial charge in [-0.2, -0.15) is 0 Å². The van der Waals surface area contributed by atoms with Crippen molar-refractivity contribution in [3.05, 3.63) is 70.5 Å².